The summed E-state index contributed by atoms with van der Waals surface area (Å²) >= 11 is 1.58. The first-order valence-corrected chi connectivity index (χ1v) is 14.3. The molecule has 0 radical (unpaired) electrons. The van der Waals surface area contributed by atoms with E-state index >= 15 is 0 Å². The van der Waals surface area contributed by atoms with E-state index in [1.807, 2.05) is 41.1 Å². The van der Waals surface area contributed by atoms with E-state index in [4.69, 9.17) is 14.3 Å². The number of nitrogens with zero attached hydrogens (tertiary/aromatic N) is 3. The Balaban J connectivity index is 1.68. The molecule has 208 valence electrons. The molecule has 0 spiro atoms. The van der Waals surface area contributed by atoms with Crippen molar-refractivity contribution < 1.29 is 18.7 Å². The summed E-state index contributed by atoms with van der Waals surface area (Å²) in [5, 5.41) is 7.88. The third-order valence-corrected chi connectivity index (χ3v) is 8.17. The fourth-order valence-electron chi connectivity index (χ4n) is 4.90. The third-order valence-electron chi connectivity index (χ3n) is 6.93. The Labute approximate surface area is 238 Å². The van der Waals surface area contributed by atoms with Gasteiger partial charge >= 0.3 is 0 Å². The van der Waals surface area contributed by atoms with Gasteiger partial charge in [0.05, 0.1) is 42.3 Å². The van der Waals surface area contributed by atoms with Crippen molar-refractivity contribution in [3.05, 3.63) is 95.1 Å². The lowest BCUT2D eigenvalue weighted by atomic mass is 9.86. The van der Waals surface area contributed by atoms with Gasteiger partial charge in [0, 0.05) is 11.0 Å². The molecule has 9 heteroatoms. The highest BCUT2D eigenvalue weighted by Crippen LogP contribution is 2.49. The molecule has 1 aliphatic heterocycles. The van der Waals surface area contributed by atoms with Gasteiger partial charge < -0.3 is 14.5 Å². The Kier molecular flexibility index (Phi) is 7.76. The molecule has 1 N–H and O–H groups in total. The maximum absolute atomic E-state index is 13.8. The molecule has 0 saturated carbocycles. The van der Waals surface area contributed by atoms with E-state index < -0.39 is 0 Å². The smallest absolute Gasteiger partial charge is 0.240 e. The zero-order valence-electron chi connectivity index (χ0n) is 23.4. The number of aryl methyl sites for hydroxylation is 1. The number of methoxy groups -OCH3 is 1. The number of hydrogen-bond donors (Lipinski definition) is 1. The van der Waals surface area contributed by atoms with E-state index in [1.165, 1.54) is 0 Å². The molecule has 0 bridgehead atoms. The molecule has 40 heavy (non-hydrogen) atoms. The van der Waals surface area contributed by atoms with E-state index in [9.17, 15) is 9.59 Å². The first-order chi connectivity index (χ1) is 19.2. The van der Waals surface area contributed by atoms with Gasteiger partial charge in [-0.25, -0.2) is 4.68 Å². The second-order valence-corrected chi connectivity index (χ2v) is 11.9. The molecule has 8 nitrogen and oxygen atoms in total. The number of thioether (sulfide) groups is 1. The normalized spacial score (nSPS) is 15.5. The van der Waals surface area contributed by atoms with Crippen molar-refractivity contribution in [1.82, 2.24) is 15.1 Å². The average molecular weight is 559 g/mol. The van der Waals surface area contributed by atoms with Crippen LogP contribution in [0.15, 0.2) is 71.3 Å². The van der Waals surface area contributed by atoms with E-state index in [1.54, 1.807) is 42.2 Å². The highest BCUT2D eigenvalue weighted by atomic mass is 32.2. The zero-order valence-corrected chi connectivity index (χ0v) is 24.2. The molecule has 0 fully saturated rings. The molecule has 0 aliphatic carbocycles. The number of ether oxygens (including phenoxy) is 1. The van der Waals surface area contributed by atoms with Crippen LogP contribution in [-0.2, 0) is 21.5 Å². The second-order valence-electron chi connectivity index (χ2n) is 10.8. The Morgan fingerprint density at radius 1 is 1.12 bits per heavy atom. The molecule has 1 aliphatic rings. The zero-order chi connectivity index (χ0) is 28.4. The molecule has 2 aromatic heterocycles. The van der Waals surface area contributed by atoms with Gasteiger partial charge in [0.2, 0.25) is 11.8 Å². The summed E-state index contributed by atoms with van der Waals surface area (Å²) in [6.07, 6.45) is 1.57. The number of furan rings is 1. The minimum atomic E-state index is -0.329. The third kappa shape index (κ3) is 5.51. The van der Waals surface area contributed by atoms with Crippen LogP contribution >= 0.6 is 11.8 Å². The summed E-state index contributed by atoms with van der Waals surface area (Å²) in [5.74, 6) is 1.78. The predicted octanol–water partition coefficient (Wildman–Crippen LogP) is 5.57. The van der Waals surface area contributed by atoms with Crippen LogP contribution in [0.4, 0.5) is 5.82 Å². The summed E-state index contributed by atoms with van der Waals surface area (Å²) in [6.45, 7) is 8.57. The molecule has 5 rings (SSSR count). The number of carbonyl (C=O) groups excluding carboxylic acids is 2. The molecule has 1 atom stereocenters. The highest BCUT2D eigenvalue weighted by molar-refractivity contribution is 8.00. The second kappa shape index (κ2) is 11.3. The first kappa shape index (κ1) is 27.6. The molecule has 1 unspecified atom stereocenters. The predicted molar refractivity (Wildman–Crippen MR) is 157 cm³/mol. The molecule has 0 saturated heterocycles. The molecular weight excluding hydrogens is 524 g/mol. The minimum Gasteiger partial charge on any atom is -0.497 e. The van der Waals surface area contributed by atoms with Gasteiger partial charge in [0.15, 0.2) is 0 Å². The van der Waals surface area contributed by atoms with E-state index in [0.29, 0.717) is 11.6 Å². The van der Waals surface area contributed by atoms with Crippen molar-refractivity contribution in [3.8, 4) is 11.4 Å². The lowest BCUT2D eigenvalue weighted by Gasteiger charge is -2.25. The number of carbonyl (C=O) groups is 2. The Hall–Kier alpha value is -3.98. The van der Waals surface area contributed by atoms with Gasteiger partial charge in [-0.1, -0.05) is 45.0 Å². The minimum absolute atomic E-state index is 0.140. The Morgan fingerprint density at radius 2 is 1.88 bits per heavy atom. The van der Waals surface area contributed by atoms with Gasteiger partial charge in [-0.2, -0.15) is 5.10 Å². The fraction of sp³-hybridized carbons (Fsp3) is 0.323. The van der Waals surface area contributed by atoms with Crippen molar-refractivity contribution in [3.63, 3.8) is 0 Å². The molecule has 3 heterocycles. The standard InChI is InChI=1S/C31H34N4O4S/c1-20-9-6-7-11-24(20)28-27-29(31(2,3)4)33-35(21-12-14-22(38-5)15-13-21)30(27)34(26(37)19-40-28)18-25(36)32-17-23-10-8-16-39-23/h6-16,28H,17-19H2,1-5H3,(H,32,36). The van der Waals surface area contributed by atoms with E-state index in [0.717, 1.165) is 33.8 Å². The Bertz CT molecular complexity index is 1500. The number of anilines is 1. The summed E-state index contributed by atoms with van der Waals surface area (Å²) in [7, 11) is 1.62. The van der Waals surface area contributed by atoms with Crippen LogP contribution in [-0.4, -0.2) is 41.0 Å². The van der Waals surface area contributed by atoms with Crippen molar-refractivity contribution >= 4 is 29.4 Å². The van der Waals surface area contributed by atoms with Crippen LogP contribution < -0.4 is 15.0 Å². The van der Waals surface area contributed by atoms with Crippen LogP contribution in [0.5, 0.6) is 5.75 Å². The van der Waals surface area contributed by atoms with Gasteiger partial charge in [0.1, 0.15) is 23.9 Å². The quantitative estimate of drug-likeness (QED) is 0.319. The summed E-state index contributed by atoms with van der Waals surface area (Å²) < 4.78 is 12.5. The number of rotatable bonds is 7. The van der Waals surface area contributed by atoms with E-state index in [-0.39, 0.29) is 41.3 Å². The van der Waals surface area contributed by atoms with Crippen LogP contribution in [0.2, 0.25) is 0 Å². The molecule has 2 amide bonds. The number of nitrogens with one attached hydrogen (secondary N) is 1. The number of hydrogen-bond acceptors (Lipinski definition) is 6. The van der Waals surface area contributed by atoms with E-state index in [2.05, 4.69) is 45.1 Å². The first-order valence-electron chi connectivity index (χ1n) is 13.2. The summed E-state index contributed by atoms with van der Waals surface area (Å²) in [5.41, 5.74) is 4.55. The van der Waals surface area contributed by atoms with Crippen LogP contribution in [0.3, 0.4) is 0 Å². The maximum Gasteiger partial charge on any atom is 0.240 e. The van der Waals surface area contributed by atoms with Crippen molar-refractivity contribution in [1.29, 1.82) is 0 Å². The summed E-state index contributed by atoms with van der Waals surface area (Å²) in [4.78, 5) is 28.6. The van der Waals surface area contributed by atoms with Crippen molar-refractivity contribution in [2.45, 2.75) is 44.9 Å². The summed E-state index contributed by atoms with van der Waals surface area (Å²) in [6, 6.07) is 19.4. The number of aromatic nitrogens is 2. The number of amides is 2. The topological polar surface area (TPSA) is 89.6 Å². The van der Waals surface area contributed by atoms with Gasteiger partial charge in [0.25, 0.3) is 0 Å². The van der Waals surface area contributed by atoms with Gasteiger partial charge in [-0.3, -0.25) is 14.5 Å². The molecule has 2 aromatic carbocycles. The Morgan fingerprint density at radius 3 is 2.52 bits per heavy atom. The van der Waals surface area contributed by atoms with Crippen molar-refractivity contribution in [2.24, 2.45) is 0 Å². The maximum atomic E-state index is 13.8. The molecule has 4 aromatic rings. The van der Waals surface area contributed by atoms with Crippen molar-refractivity contribution in [2.75, 3.05) is 24.3 Å². The lowest BCUT2D eigenvalue weighted by Crippen LogP contribution is -2.42. The number of fused-ring (bicyclic) bond motifs is 1. The van der Waals surface area contributed by atoms with Gasteiger partial charge in [-0.05, 0) is 54.4 Å². The monoisotopic (exact) mass is 558 g/mol. The highest BCUT2D eigenvalue weighted by Gasteiger charge is 2.40. The van der Waals surface area contributed by atoms with Gasteiger partial charge in [-0.15, -0.1) is 11.8 Å². The average Bonchev–Trinajstić information content (AvgIpc) is 3.57. The van der Waals surface area contributed by atoms with Crippen LogP contribution in [0.25, 0.3) is 5.69 Å². The van der Waals surface area contributed by atoms with Crippen LogP contribution in [0, 0.1) is 6.92 Å². The number of benzene rings is 2. The SMILES string of the molecule is COc1ccc(-n2nc(C(C)(C)C)c3c2N(CC(=O)NCc2ccco2)C(=O)CSC3c2ccccc2C)cc1. The molecular formula is C31H34N4O4S. The fourth-order valence-corrected chi connectivity index (χ4v) is 6.19. The van der Waals surface area contributed by atoms with Crippen LogP contribution in [0.1, 0.15) is 54.2 Å². The largest absolute Gasteiger partial charge is 0.497 e. The lowest BCUT2D eigenvalue weighted by molar-refractivity contribution is -0.123.